The number of anilines is 1. The molecular formula is C21H22F5N5O2S. The number of hydrogen-bond acceptors (Lipinski definition) is 5. The predicted octanol–water partition coefficient (Wildman–Crippen LogP) is 4.90. The average molecular weight is 503 g/mol. The summed E-state index contributed by atoms with van der Waals surface area (Å²) in [5.74, 6) is -4.71. The second kappa shape index (κ2) is 7.22. The number of rotatable bonds is 6. The number of halogens is 5. The quantitative estimate of drug-likeness (QED) is 0.548. The molecule has 34 heavy (non-hydrogen) atoms. The molecule has 3 atom stereocenters. The minimum Gasteiger partial charge on any atom is -0.320 e. The highest BCUT2D eigenvalue weighted by molar-refractivity contribution is 7.91. The van der Waals surface area contributed by atoms with Crippen LogP contribution in [0.1, 0.15) is 59.8 Å². The van der Waals surface area contributed by atoms with Crippen molar-refractivity contribution in [3.8, 4) is 0 Å². The molecule has 2 unspecified atom stereocenters. The second-order valence-corrected chi connectivity index (χ2v) is 11.8. The molecule has 7 nitrogen and oxygen atoms in total. The summed E-state index contributed by atoms with van der Waals surface area (Å²) in [6.45, 7) is -0.192. The first-order valence-electron chi connectivity index (χ1n) is 10.8. The predicted molar refractivity (Wildman–Crippen MR) is 111 cm³/mol. The van der Waals surface area contributed by atoms with Gasteiger partial charge in [0.05, 0.1) is 15.4 Å². The van der Waals surface area contributed by atoms with E-state index in [9.17, 15) is 31.0 Å². The molecule has 0 aromatic carbocycles. The number of nitrogens with zero attached hydrogens (tertiary/aromatic N) is 3. The third-order valence-electron chi connectivity index (χ3n) is 6.81. The highest BCUT2D eigenvalue weighted by Crippen LogP contribution is 2.68. The van der Waals surface area contributed by atoms with Gasteiger partial charge in [0.1, 0.15) is 16.3 Å². The number of amides is 1. The summed E-state index contributed by atoms with van der Waals surface area (Å²) in [4.78, 5) is 17.0. The molecule has 0 bridgehead atoms. The maximum absolute atomic E-state index is 14.1. The fourth-order valence-corrected chi connectivity index (χ4v) is 5.68. The number of carbonyl (C=O) groups is 1. The molecule has 2 aromatic rings. The van der Waals surface area contributed by atoms with E-state index in [2.05, 4.69) is 15.4 Å². The first-order valence-corrected chi connectivity index (χ1v) is 12.7. The first kappa shape index (κ1) is 23.2. The van der Waals surface area contributed by atoms with Crippen LogP contribution in [0.3, 0.4) is 0 Å². The van der Waals surface area contributed by atoms with Crippen LogP contribution in [0.2, 0.25) is 0 Å². The third kappa shape index (κ3) is 4.18. The zero-order valence-electron chi connectivity index (χ0n) is 18.1. The first-order chi connectivity index (χ1) is 15.7. The molecule has 0 aliphatic heterocycles. The van der Waals surface area contributed by atoms with E-state index >= 15 is 0 Å². The number of pyridine rings is 1. The van der Waals surface area contributed by atoms with E-state index in [0.29, 0.717) is 19.3 Å². The van der Waals surface area contributed by atoms with Crippen molar-refractivity contribution < 1.29 is 31.0 Å². The van der Waals surface area contributed by atoms with E-state index in [0.717, 1.165) is 17.0 Å². The Morgan fingerprint density at radius 1 is 1.32 bits per heavy atom. The lowest BCUT2D eigenvalue weighted by molar-refractivity contribution is -0.138. The Labute approximate surface area is 192 Å². The summed E-state index contributed by atoms with van der Waals surface area (Å²) in [5.41, 5.74) is -2.93. The average Bonchev–Trinajstić information content (AvgIpc) is 3.57. The number of alkyl halides is 5. The summed E-state index contributed by atoms with van der Waals surface area (Å²) < 4.78 is 90.9. The van der Waals surface area contributed by atoms with Crippen LogP contribution in [0.4, 0.5) is 27.6 Å². The molecule has 2 heterocycles. The van der Waals surface area contributed by atoms with Gasteiger partial charge in [-0.05, 0) is 42.7 Å². The van der Waals surface area contributed by atoms with Crippen LogP contribution >= 0.6 is 0 Å². The SMILES string of the molecule is C[S@@](=N)(=O)c1cc(NC(=O)c2c(C(F)(F)F)c(C3CC3)nn2CC23CC2CC(F)(F)C3)ccn1. The van der Waals surface area contributed by atoms with E-state index in [1.54, 1.807) is 0 Å². The van der Waals surface area contributed by atoms with Gasteiger partial charge >= 0.3 is 6.18 Å². The van der Waals surface area contributed by atoms with Gasteiger partial charge in [0.15, 0.2) is 0 Å². The third-order valence-corrected chi connectivity index (χ3v) is 7.83. The van der Waals surface area contributed by atoms with Crippen molar-refractivity contribution in [1.29, 1.82) is 4.78 Å². The maximum Gasteiger partial charge on any atom is 0.420 e. The lowest BCUT2D eigenvalue weighted by atomic mass is 10.0. The number of nitrogens with one attached hydrogen (secondary N) is 2. The minimum atomic E-state index is -4.87. The van der Waals surface area contributed by atoms with Gasteiger partial charge in [-0.25, -0.2) is 22.8 Å². The zero-order chi connectivity index (χ0) is 24.7. The van der Waals surface area contributed by atoms with Crippen molar-refractivity contribution in [2.45, 2.75) is 61.7 Å². The number of hydrogen-bond donors (Lipinski definition) is 2. The van der Waals surface area contributed by atoms with Gasteiger partial charge < -0.3 is 5.32 Å². The van der Waals surface area contributed by atoms with Gasteiger partial charge in [-0.2, -0.15) is 18.3 Å². The molecule has 3 aliphatic rings. The largest absolute Gasteiger partial charge is 0.420 e. The standard InChI is InChI=1S/C21H22F5N5O2S/c1-34(27,33)14-6-13(4-5-28-14)29-18(32)17-15(21(24,25)26)16(11-2-3-11)30-31(17)10-19-7-12(19)8-20(22,23)9-19/h4-6,11-12,27H,2-3,7-10H2,1H3,(H,28,29,32)/t12?,19?,34-/m1/s1. The Hall–Kier alpha value is -2.57. The molecule has 0 saturated heterocycles. The van der Waals surface area contributed by atoms with Crippen molar-refractivity contribution >= 4 is 21.3 Å². The van der Waals surface area contributed by atoms with Crippen molar-refractivity contribution in [1.82, 2.24) is 14.8 Å². The van der Waals surface area contributed by atoms with Crippen molar-refractivity contribution in [2.24, 2.45) is 11.3 Å². The molecule has 13 heteroatoms. The molecule has 3 fully saturated rings. The summed E-state index contributed by atoms with van der Waals surface area (Å²) in [6.07, 6.45) is -1.81. The van der Waals surface area contributed by atoms with Crippen molar-refractivity contribution in [2.75, 3.05) is 11.6 Å². The van der Waals surface area contributed by atoms with Gasteiger partial charge in [-0.15, -0.1) is 0 Å². The Balaban J connectivity index is 1.54. The molecule has 2 aromatic heterocycles. The second-order valence-electron chi connectivity index (χ2n) is 9.72. The molecule has 0 spiro atoms. The zero-order valence-corrected chi connectivity index (χ0v) is 18.9. The van der Waals surface area contributed by atoms with Crippen molar-refractivity contribution in [3.05, 3.63) is 35.3 Å². The Bertz CT molecular complexity index is 1280. The van der Waals surface area contributed by atoms with E-state index in [4.69, 9.17) is 4.78 Å². The van der Waals surface area contributed by atoms with Gasteiger partial charge in [0.2, 0.25) is 5.92 Å². The monoisotopic (exact) mass is 503 g/mol. The highest BCUT2D eigenvalue weighted by Gasteiger charge is 2.67. The van der Waals surface area contributed by atoms with Crippen LogP contribution in [0, 0.1) is 16.1 Å². The highest BCUT2D eigenvalue weighted by atomic mass is 32.2. The number of aromatic nitrogens is 3. The van der Waals surface area contributed by atoms with Gasteiger partial charge in [0.25, 0.3) is 5.91 Å². The van der Waals surface area contributed by atoms with Gasteiger partial charge in [0, 0.05) is 43.4 Å². The van der Waals surface area contributed by atoms with Crippen LogP contribution in [0.15, 0.2) is 23.4 Å². The minimum absolute atomic E-state index is 0.0144. The van der Waals surface area contributed by atoms with E-state index < -0.39 is 56.7 Å². The Morgan fingerprint density at radius 2 is 2.03 bits per heavy atom. The molecule has 3 saturated carbocycles. The smallest absolute Gasteiger partial charge is 0.320 e. The van der Waals surface area contributed by atoms with Crippen LogP contribution in [-0.2, 0) is 22.5 Å². The van der Waals surface area contributed by atoms with Crippen LogP contribution in [0.5, 0.6) is 0 Å². The summed E-state index contributed by atoms with van der Waals surface area (Å²) in [7, 11) is -3.22. The Morgan fingerprint density at radius 3 is 2.59 bits per heavy atom. The molecule has 3 aliphatic carbocycles. The molecular weight excluding hydrogens is 481 g/mol. The fraction of sp³-hybridized carbons (Fsp3) is 0.571. The van der Waals surface area contributed by atoms with Crippen LogP contribution < -0.4 is 5.32 Å². The maximum atomic E-state index is 14.1. The lowest BCUT2D eigenvalue weighted by Crippen LogP contribution is -2.25. The van der Waals surface area contributed by atoms with Crippen molar-refractivity contribution in [3.63, 3.8) is 0 Å². The van der Waals surface area contributed by atoms with Gasteiger partial charge in [-0.1, -0.05) is 0 Å². The summed E-state index contributed by atoms with van der Waals surface area (Å²) in [5, 5.41) is 6.37. The number of carbonyl (C=O) groups excluding carboxylic acids is 1. The molecule has 5 rings (SSSR count). The van der Waals surface area contributed by atoms with Crippen LogP contribution in [0.25, 0.3) is 0 Å². The van der Waals surface area contributed by atoms with E-state index in [1.165, 1.54) is 12.3 Å². The Kier molecular flexibility index (Phi) is 4.92. The van der Waals surface area contributed by atoms with E-state index in [-0.39, 0.29) is 35.3 Å². The number of fused-ring (bicyclic) bond motifs is 1. The topological polar surface area (TPSA) is 101 Å². The molecule has 2 N–H and O–H groups in total. The van der Waals surface area contributed by atoms with E-state index in [1.807, 2.05) is 0 Å². The lowest BCUT2D eigenvalue weighted by Gasteiger charge is -2.18. The van der Waals surface area contributed by atoms with Gasteiger partial charge in [-0.3, -0.25) is 9.48 Å². The van der Waals surface area contributed by atoms with Crippen LogP contribution in [-0.4, -0.2) is 37.1 Å². The summed E-state index contributed by atoms with van der Waals surface area (Å²) >= 11 is 0. The normalized spacial score (nSPS) is 27.2. The summed E-state index contributed by atoms with van der Waals surface area (Å²) in [6, 6.07) is 2.46. The molecule has 184 valence electrons. The molecule has 1 amide bonds. The molecule has 0 radical (unpaired) electrons. The fourth-order valence-electron chi connectivity index (χ4n) is 5.07.